The molecule has 0 N–H and O–H groups in total. The maximum atomic E-state index is 13.6. The van der Waals surface area contributed by atoms with Crippen LogP contribution in [0.15, 0.2) is 24.3 Å². The molecule has 1 aliphatic rings. The van der Waals surface area contributed by atoms with Gasteiger partial charge in [-0.25, -0.2) is 4.39 Å². The zero-order valence-corrected chi connectivity index (χ0v) is 12.4. The highest BCUT2D eigenvalue weighted by atomic mass is 19.1. The first kappa shape index (κ1) is 15.0. The molecule has 0 radical (unpaired) electrons. The zero-order chi connectivity index (χ0) is 14.4. The Bertz CT molecular complexity index is 451. The van der Waals surface area contributed by atoms with Crippen molar-refractivity contribution in [3.8, 4) is 6.07 Å². The average molecular weight is 273 g/mol. The Labute approximate surface area is 121 Å². The van der Waals surface area contributed by atoms with Gasteiger partial charge in [0.1, 0.15) is 0 Å². The summed E-state index contributed by atoms with van der Waals surface area (Å²) in [5.74, 6) is 0. The van der Waals surface area contributed by atoms with Crippen LogP contribution in [-0.4, -0.2) is 6.17 Å². The van der Waals surface area contributed by atoms with E-state index in [1.807, 2.05) is 19.1 Å². The number of nitrogens with zero attached hydrogens (tertiary/aromatic N) is 1. The van der Waals surface area contributed by atoms with E-state index in [4.69, 9.17) is 5.26 Å². The molecule has 0 heterocycles. The van der Waals surface area contributed by atoms with E-state index in [2.05, 4.69) is 18.2 Å². The second-order valence-electron chi connectivity index (χ2n) is 6.07. The van der Waals surface area contributed by atoms with Gasteiger partial charge < -0.3 is 0 Å². The second kappa shape index (κ2) is 6.88. The Kier molecular flexibility index (Phi) is 5.17. The van der Waals surface area contributed by atoms with Gasteiger partial charge in [0, 0.05) is 0 Å². The van der Waals surface area contributed by atoms with Crippen molar-refractivity contribution >= 4 is 0 Å². The first-order chi connectivity index (χ1) is 9.70. The molecule has 20 heavy (non-hydrogen) atoms. The fourth-order valence-corrected chi connectivity index (χ4v) is 3.45. The molecule has 0 aromatic heterocycles. The quantitative estimate of drug-likeness (QED) is 0.715. The fraction of sp³-hybridized carbons (Fsp3) is 0.611. The molecule has 0 aliphatic heterocycles. The summed E-state index contributed by atoms with van der Waals surface area (Å²) in [6.07, 6.45) is 7.64. The average Bonchev–Trinajstić information content (AvgIpc) is 2.53. The Balaban J connectivity index is 2.19. The molecule has 2 rings (SSSR count). The molecule has 1 fully saturated rings. The van der Waals surface area contributed by atoms with Crippen LogP contribution in [0.3, 0.4) is 0 Å². The van der Waals surface area contributed by atoms with Gasteiger partial charge in [-0.3, -0.25) is 0 Å². The molecule has 1 aromatic rings. The number of halogens is 1. The van der Waals surface area contributed by atoms with Gasteiger partial charge in [0.15, 0.2) is 0 Å². The monoisotopic (exact) mass is 273 g/mol. The predicted molar refractivity (Wildman–Crippen MR) is 80.3 cm³/mol. The van der Waals surface area contributed by atoms with Gasteiger partial charge in [0.2, 0.25) is 0 Å². The van der Waals surface area contributed by atoms with Crippen molar-refractivity contribution in [1.29, 1.82) is 5.26 Å². The Morgan fingerprint density at radius 2 is 1.85 bits per heavy atom. The topological polar surface area (TPSA) is 23.8 Å². The van der Waals surface area contributed by atoms with Crippen LogP contribution >= 0.6 is 0 Å². The lowest BCUT2D eigenvalue weighted by Gasteiger charge is -2.38. The van der Waals surface area contributed by atoms with Gasteiger partial charge in [0.05, 0.1) is 17.8 Å². The van der Waals surface area contributed by atoms with Crippen molar-refractivity contribution in [2.24, 2.45) is 0 Å². The molecule has 0 saturated heterocycles. The molecule has 0 bridgehead atoms. The largest absolute Gasteiger partial charge is 0.248 e. The van der Waals surface area contributed by atoms with E-state index in [-0.39, 0.29) is 5.41 Å². The van der Waals surface area contributed by atoms with Crippen molar-refractivity contribution in [3.63, 3.8) is 0 Å². The van der Waals surface area contributed by atoms with Crippen molar-refractivity contribution in [3.05, 3.63) is 35.4 Å². The summed E-state index contributed by atoms with van der Waals surface area (Å²) in [6.45, 7) is 1.92. The van der Waals surface area contributed by atoms with Crippen LogP contribution in [0.2, 0.25) is 0 Å². The van der Waals surface area contributed by atoms with Crippen molar-refractivity contribution in [2.45, 2.75) is 69.9 Å². The Hall–Kier alpha value is -1.36. The van der Waals surface area contributed by atoms with Gasteiger partial charge in [-0.2, -0.15) is 5.26 Å². The molecule has 1 atom stereocenters. The normalized spacial score (nSPS) is 19.2. The van der Waals surface area contributed by atoms with Gasteiger partial charge in [-0.15, -0.1) is 0 Å². The van der Waals surface area contributed by atoms with Crippen LogP contribution in [0.1, 0.15) is 69.4 Å². The summed E-state index contributed by atoms with van der Waals surface area (Å²) in [5.41, 5.74) is 2.15. The third-order valence-corrected chi connectivity index (χ3v) is 4.82. The molecule has 1 nitrogen and oxygen atoms in total. The minimum atomic E-state index is -0.674. The van der Waals surface area contributed by atoms with Crippen LogP contribution in [0, 0.1) is 11.3 Å². The first-order valence-electron chi connectivity index (χ1n) is 7.85. The summed E-state index contributed by atoms with van der Waals surface area (Å²) in [6, 6.07) is 10.1. The summed E-state index contributed by atoms with van der Waals surface area (Å²) in [4.78, 5) is 0. The summed E-state index contributed by atoms with van der Waals surface area (Å²) in [5, 5.41) is 8.91. The van der Waals surface area contributed by atoms with Gasteiger partial charge in [-0.1, -0.05) is 38.3 Å². The van der Waals surface area contributed by atoms with Crippen molar-refractivity contribution < 1.29 is 4.39 Å². The molecule has 2 heteroatoms. The molecule has 0 amide bonds. The van der Waals surface area contributed by atoms with Crippen LogP contribution in [0.4, 0.5) is 4.39 Å². The van der Waals surface area contributed by atoms with Gasteiger partial charge in [-0.05, 0) is 55.2 Å². The zero-order valence-electron chi connectivity index (χ0n) is 12.4. The van der Waals surface area contributed by atoms with Crippen LogP contribution in [-0.2, 0) is 5.41 Å². The number of hydrogen-bond acceptors (Lipinski definition) is 1. The smallest absolute Gasteiger partial charge is 0.0999 e. The summed E-state index contributed by atoms with van der Waals surface area (Å²) in [7, 11) is 0. The highest BCUT2D eigenvalue weighted by molar-refractivity contribution is 5.35. The van der Waals surface area contributed by atoms with E-state index in [0.717, 1.165) is 19.3 Å². The summed E-state index contributed by atoms with van der Waals surface area (Å²) >= 11 is 0. The van der Waals surface area contributed by atoms with E-state index in [9.17, 15) is 4.39 Å². The second-order valence-corrected chi connectivity index (χ2v) is 6.07. The molecule has 1 aliphatic carbocycles. The van der Waals surface area contributed by atoms with E-state index < -0.39 is 6.17 Å². The number of benzene rings is 1. The maximum Gasteiger partial charge on any atom is 0.0999 e. The summed E-state index contributed by atoms with van der Waals surface area (Å²) < 4.78 is 13.6. The van der Waals surface area contributed by atoms with Crippen molar-refractivity contribution in [2.75, 3.05) is 0 Å². The van der Waals surface area contributed by atoms with E-state index in [0.29, 0.717) is 18.4 Å². The fourth-order valence-electron chi connectivity index (χ4n) is 3.45. The predicted octanol–water partition coefficient (Wildman–Crippen LogP) is 5.29. The molecule has 1 aromatic carbocycles. The highest BCUT2D eigenvalue weighted by Gasteiger charge is 2.33. The number of rotatable bonds is 5. The Morgan fingerprint density at radius 3 is 2.40 bits per heavy atom. The highest BCUT2D eigenvalue weighted by Crippen LogP contribution is 2.43. The first-order valence-corrected chi connectivity index (χ1v) is 7.85. The number of hydrogen-bond donors (Lipinski definition) is 0. The van der Waals surface area contributed by atoms with Gasteiger partial charge in [0.25, 0.3) is 0 Å². The lowest BCUT2D eigenvalue weighted by molar-refractivity contribution is 0.221. The van der Waals surface area contributed by atoms with E-state index in [1.54, 1.807) is 0 Å². The molecule has 1 saturated carbocycles. The number of nitriles is 1. The SMILES string of the molecule is CCC(F)CCC1(c2ccc(C#N)cc2)CCCCC1. The Morgan fingerprint density at radius 1 is 1.20 bits per heavy atom. The molecular weight excluding hydrogens is 249 g/mol. The molecular formula is C18H24FN. The maximum absolute atomic E-state index is 13.6. The van der Waals surface area contributed by atoms with Crippen LogP contribution in [0.5, 0.6) is 0 Å². The van der Waals surface area contributed by atoms with Gasteiger partial charge >= 0.3 is 0 Å². The standard InChI is InChI=1S/C18H24FN/c1-2-17(19)10-13-18(11-4-3-5-12-18)16-8-6-15(14-20)7-9-16/h6-9,17H,2-5,10-13H2,1H3. The third kappa shape index (κ3) is 3.39. The molecule has 1 unspecified atom stereocenters. The van der Waals surface area contributed by atoms with Crippen molar-refractivity contribution in [1.82, 2.24) is 0 Å². The lowest BCUT2D eigenvalue weighted by Crippen LogP contribution is -2.30. The molecule has 108 valence electrons. The minimum absolute atomic E-state index is 0.145. The number of alkyl halides is 1. The molecule has 0 spiro atoms. The lowest BCUT2D eigenvalue weighted by atomic mass is 9.66. The minimum Gasteiger partial charge on any atom is -0.248 e. The van der Waals surface area contributed by atoms with Crippen LogP contribution < -0.4 is 0 Å². The van der Waals surface area contributed by atoms with E-state index in [1.165, 1.54) is 24.8 Å². The van der Waals surface area contributed by atoms with Crippen LogP contribution in [0.25, 0.3) is 0 Å². The van der Waals surface area contributed by atoms with E-state index >= 15 is 0 Å². The third-order valence-electron chi connectivity index (χ3n) is 4.82.